The first kappa shape index (κ1) is 12.8. The second-order valence-corrected chi connectivity index (χ2v) is 5.29. The van der Waals surface area contributed by atoms with Gasteiger partial charge in [-0.05, 0) is 52.3 Å². The maximum absolute atomic E-state index is 13.3. The minimum atomic E-state index is -0.306. The van der Waals surface area contributed by atoms with Crippen molar-refractivity contribution in [3.63, 3.8) is 0 Å². The van der Waals surface area contributed by atoms with Crippen LogP contribution in [0.3, 0.4) is 0 Å². The Morgan fingerprint density at radius 1 is 1.25 bits per heavy atom. The lowest BCUT2D eigenvalue weighted by Crippen LogP contribution is -1.93. The lowest BCUT2D eigenvalue weighted by Gasteiger charge is -2.03. The molecule has 0 bridgehead atoms. The number of fused-ring (bicyclic) bond motifs is 1. The third kappa shape index (κ3) is 1.98. The fourth-order valence-corrected chi connectivity index (χ4v) is 2.53. The van der Waals surface area contributed by atoms with E-state index in [1.807, 2.05) is 17.7 Å². The summed E-state index contributed by atoms with van der Waals surface area (Å²) in [5.74, 6) is 0.426. The Balaban J connectivity index is 2.24. The zero-order chi connectivity index (χ0) is 14.3. The lowest BCUT2D eigenvalue weighted by atomic mass is 10.2. The summed E-state index contributed by atoms with van der Waals surface area (Å²) >= 11 is 3.18. The van der Waals surface area contributed by atoms with Crippen LogP contribution in [-0.2, 0) is 7.05 Å². The van der Waals surface area contributed by atoms with Crippen LogP contribution in [0.4, 0.5) is 4.39 Å². The van der Waals surface area contributed by atoms with Gasteiger partial charge in [-0.3, -0.25) is 0 Å². The molecule has 0 aliphatic carbocycles. The fourth-order valence-electron chi connectivity index (χ4n) is 2.15. The second kappa shape index (κ2) is 4.73. The van der Waals surface area contributed by atoms with Gasteiger partial charge in [-0.15, -0.1) is 0 Å². The van der Waals surface area contributed by atoms with E-state index in [-0.39, 0.29) is 5.82 Å². The molecule has 0 atom stereocenters. The number of rotatable bonds is 1. The smallest absolute Gasteiger partial charge is 0.140 e. The van der Waals surface area contributed by atoms with E-state index in [0.717, 1.165) is 22.4 Å². The molecule has 0 aliphatic rings. The zero-order valence-electron chi connectivity index (χ0n) is 10.6. The van der Waals surface area contributed by atoms with Crippen molar-refractivity contribution in [2.24, 2.45) is 7.05 Å². The predicted octanol–water partition coefficient (Wildman–Crippen LogP) is 4.01. The lowest BCUT2D eigenvalue weighted by molar-refractivity contribution is 0.621. The number of aryl methyl sites for hydroxylation is 1. The number of halogens is 2. The number of hydrogen-bond acceptors (Lipinski definition) is 2. The molecule has 0 N–H and O–H groups in total. The van der Waals surface area contributed by atoms with Gasteiger partial charge in [0.1, 0.15) is 11.6 Å². The van der Waals surface area contributed by atoms with Gasteiger partial charge in [0, 0.05) is 12.6 Å². The minimum Gasteiger partial charge on any atom is -0.327 e. The van der Waals surface area contributed by atoms with Crippen LogP contribution in [0.15, 0.2) is 40.9 Å². The molecule has 0 saturated heterocycles. The summed E-state index contributed by atoms with van der Waals surface area (Å²) in [6, 6.07) is 12.2. The van der Waals surface area contributed by atoms with Crippen molar-refractivity contribution in [1.82, 2.24) is 9.55 Å². The van der Waals surface area contributed by atoms with Gasteiger partial charge in [-0.2, -0.15) is 5.26 Å². The largest absolute Gasteiger partial charge is 0.327 e. The van der Waals surface area contributed by atoms with Gasteiger partial charge in [-0.25, -0.2) is 9.37 Å². The summed E-state index contributed by atoms with van der Waals surface area (Å²) in [7, 11) is 1.88. The van der Waals surface area contributed by atoms with Crippen LogP contribution in [0.2, 0.25) is 0 Å². The highest BCUT2D eigenvalue weighted by molar-refractivity contribution is 9.10. The van der Waals surface area contributed by atoms with Gasteiger partial charge >= 0.3 is 0 Å². The molecule has 3 nitrogen and oxygen atoms in total. The normalized spacial score (nSPS) is 10.7. The standard InChI is InChI=1S/C15H9BrFN3/c1-20-14-6-9(8-18)2-5-13(14)19-15(20)10-3-4-12(17)11(16)7-10/h2-7H,1H3. The molecule has 1 aromatic heterocycles. The third-order valence-electron chi connectivity index (χ3n) is 3.19. The van der Waals surface area contributed by atoms with Crippen molar-refractivity contribution in [3.8, 4) is 17.5 Å². The number of nitrogens with zero attached hydrogens (tertiary/aromatic N) is 3. The van der Waals surface area contributed by atoms with Crippen LogP contribution in [0.5, 0.6) is 0 Å². The number of nitriles is 1. The van der Waals surface area contributed by atoms with Crippen LogP contribution in [0.25, 0.3) is 22.4 Å². The number of aromatic nitrogens is 2. The molecule has 0 aliphatic heterocycles. The van der Waals surface area contributed by atoms with Crippen molar-refractivity contribution in [2.75, 3.05) is 0 Å². The van der Waals surface area contributed by atoms with E-state index in [1.54, 1.807) is 24.3 Å². The zero-order valence-corrected chi connectivity index (χ0v) is 12.1. The van der Waals surface area contributed by atoms with Crippen LogP contribution >= 0.6 is 15.9 Å². The molecule has 3 aromatic rings. The van der Waals surface area contributed by atoms with Crippen molar-refractivity contribution >= 4 is 27.0 Å². The van der Waals surface area contributed by atoms with Gasteiger partial charge in [0.05, 0.1) is 27.1 Å². The molecule has 0 radical (unpaired) electrons. The van der Waals surface area contributed by atoms with Gasteiger partial charge in [0.2, 0.25) is 0 Å². The van der Waals surface area contributed by atoms with E-state index < -0.39 is 0 Å². The summed E-state index contributed by atoms with van der Waals surface area (Å²) in [5, 5.41) is 8.95. The highest BCUT2D eigenvalue weighted by atomic mass is 79.9. The van der Waals surface area contributed by atoms with Gasteiger partial charge in [0.25, 0.3) is 0 Å². The molecule has 98 valence electrons. The summed E-state index contributed by atoms with van der Waals surface area (Å²) in [6.07, 6.45) is 0. The van der Waals surface area contributed by atoms with E-state index >= 15 is 0 Å². The van der Waals surface area contributed by atoms with Crippen LogP contribution in [0.1, 0.15) is 5.56 Å². The van der Waals surface area contributed by atoms with Crippen molar-refractivity contribution in [2.45, 2.75) is 0 Å². The highest BCUT2D eigenvalue weighted by Gasteiger charge is 2.11. The van der Waals surface area contributed by atoms with Crippen molar-refractivity contribution in [1.29, 1.82) is 5.26 Å². The van der Waals surface area contributed by atoms with Gasteiger partial charge < -0.3 is 4.57 Å². The topological polar surface area (TPSA) is 41.6 Å². The maximum atomic E-state index is 13.3. The number of benzene rings is 2. The average molecular weight is 330 g/mol. The molecule has 0 fully saturated rings. The maximum Gasteiger partial charge on any atom is 0.140 e. The third-order valence-corrected chi connectivity index (χ3v) is 3.80. The Kier molecular flexibility index (Phi) is 3.03. The Bertz CT molecular complexity index is 861. The first-order chi connectivity index (χ1) is 9.60. The molecule has 5 heteroatoms. The molecule has 0 amide bonds. The van der Waals surface area contributed by atoms with E-state index in [0.29, 0.717) is 10.0 Å². The van der Waals surface area contributed by atoms with E-state index in [2.05, 4.69) is 27.0 Å². The first-order valence-electron chi connectivity index (χ1n) is 5.92. The second-order valence-electron chi connectivity index (χ2n) is 4.44. The fraction of sp³-hybridized carbons (Fsp3) is 0.0667. The minimum absolute atomic E-state index is 0.306. The summed E-state index contributed by atoms with van der Waals surface area (Å²) < 4.78 is 15.6. The number of hydrogen-bond donors (Lipinski definition) is 0. The monoisotopic (exact) mass is 329 g/mol. The Morgan fingerprint density at radius 2 is 2.05 bits per heavy atom. The average Bonchev–Trinajstić information content (AvgIpc) is 2.79. The summed E-state index contributed by atoms with van der Waals surface area (Å²) in [4.78, 5) is 4.54. The van der Waals surface area contributed by atoms with E-state index in [4.69, 9.17) is 5.26 Å². The molecule has 20 heavy (non-hydrogen) atoms. The Hall–Kier alpha value is -2.19. The van der Waals surface area contributed by atoms with Gasteiger partial charge in [0.15, 0.2) is 0 Å². The highest BCUT2D eigenvalue weighted by Crippen LogP contribution is 2.27. The Morgan fingerprint density at radius 3 is 2.75 bits per heavy atom. The molecule has 1 heterocycles. The van der Waals surface area contributed by atoms with Crippen molar-refractivity contribution < 1.29 is 4.39 Å². The van der Waals surface area contributed by atoms with Crippen LogP contribution < -0.4 is 0 Å². The molecule has 2 aromatic carbocycles. The molecular weight excluding hydrogens is 321 g/mol. The Labute approximate surface area is 123 Å². The first-order valence-corrected chi connectivity index (χ1v) is 6.71. The van der Waals surface area contributed by atoms with Crippen LogP contribution in [0, 0.1) is 17.1 Å². The summed E-state index contributed by atoms with van der Waals surface area (Å²) in [5.41, 5.74) is 3.09. The quantitative estimate of drug-likeness (QED) is 0.676. The van der Waals surface area contributed by atoms with Crippen LogP contribution in [-0.4, -0.2) is 9.55 Å². The molecular formula is C15H9BrFN3. The van der Waals surface area contributed by atoms with E-state index in [9.17, 15) is 4.39 Å². The van der Waals surface area contributed by atoms with Gasteiger partial charge in [-0.1, -0.05) is 0 Å². The summed E-state index contributed by atoms with van der Waals surface area (Å²) in [6.45, 7) is 0. The molecule has 0 saturated carbocycles. The number of imidazole rings is 1. The molecule has 3 rings (SSSR count). The van der Waals surface area contributed by atoms with Crippen molar-refractivity contribution in [3.05, 3.63) is 52.3 Å². The predicted molar refractivity (Wildman–Crippen MR) is 78.5 cm³/mol. The molecule has 0 spiro atoms. The SMILES string of the molecule is Cn1c(-c2ccc(F)c(Br)c2)nc2ccc(C#N)cc21. The van der Waals surface area contributed by atoms with E-state index in [1.165, 1.54) is 6.07 Å². The molecule has 0 unspecified atom stereocenters.